The summed E-state index contributed by atoms with van der Waals surface area (Å²) in [5, 5.41) is 3.22. The van der Waals surface area contributed by atoms with Crippen LogP contribution in [-0.4, -0.2) is 30.6 Å². The van der Waals surface area contributed by atoms with Crippen molar-refractivity contribution in [3.8, 4) is 5.88 Å². The lowest BCUT2D eigenvalue weighted by Crippen LogP contribution is -2.16. The first kappa shape index (κ1) is 17.0. The highest BCUT2D eigenvalue weighted by molar-refractivity contribution is 7.16. The number of anilines is 1. The van der Waals surface area contributed by atoms with Crippen LogP contribution in [0.15, 0.2) is 18.3 Å². The number of hydrogen-bond donors (Lipinski definition) is 1. The van der Waals surface area contributed by atoms with Crippen LogP contribution in [0, 0.1) is 13.8 Å². The van der Waals surface area contributed by atoms with Gasteiger partial charge in [-0.2, -0.15) is 0 Å². The Kier molecular flexibility index (Phi) is 5.33. The number of esters is 1. The number of methoxy groups -OCH3 is 1. The first-order valence-electron chi connectivity index (χ1n) is 7.07. The molecule has 23 heavy (non-hydrogen) atoms. The molecule has 0 fully saturated rings. The summed E-state index contributed by atoms with van der Waals surface area (Å²) in [6.07, 6.45) is 1.56. The zero-order chi connectivity index (χ0) is 17.0. The van der Waals surface area contributed by atoms with Gasteiger partial charge < -0.3 is 14.8 Å². The molecule has 0 spiro atoms. The predicted octanol–water partition coefficient (Wildman–Crippen LogP) is 3.20. The summed E-state index contributed by atoms with van der Waals surface area (Å²) in [4.78, 5) is 29.5. The van der Waals surface area contributed by atoms with Crippen molar-refractivity contribution in [2.24, 2.45) is 0 Å². The molecular formula is C16H18N2O4S. The predicted molar refractivity (Wildman–Crippen MR) is 88.5 cm³/mol. The molecule has 0 bridgehead atoms. The third-order valence-electron chi connectivity index (χ3n) is 3.30. The molecule has 0 saturated carbocycles. The summed E-state index contributed by atoms with van der Waals surface area (Å²) < 4.78 is 10.2. The van der Waals surface area contributed by atoms with E-state index in [-0.39, 0.29) is 11.8 Å². The van der Waals surface area contributed by atoms with Gasteiger partial charge in [-0.1, -0.05) is 0 Å². The van der Waals surface area contributed by atoms with E-state index in [1.54, 1.807) is 18.3 Å². The lowest BCUT2D eigenvalue weighted by atomic mass is 10.1. The van der Waals surface area contributed by atoms with Gasteiger partial charge in [-0.25, -0.2) is 9.78 Å². The highest BCUT2D eigenvalue weighted by Gasteiger charge is 2.23. The van der Waals surface area contributed by atoms with Crippen LogP contribution in [-0.2, 0) is 4.74 Å². The number of rotatable bonds is 5. The van der Waals surface area contributed by atoms with E-state index in [1.807, 2.05) is 20.8 Å². The van der Waals surface area contributed by atoms with E-state index in [4.69, 9.17) is 9.47 Å². The molecule has 0 radical (unpaired) electrons. The molecule has 6 nitrogen and oxygen atoms in total. The number of ether oxygens (including phenoxy) is 2. The van der Waals surface area contributed by atoms with Crippen LogP contribution in [0.5, 0.6) is 5.88 Å². The molecule has 0 atom stereocenters. The first-order chi connectivity index (χ1) is 11.0. The third-order valence-corrected chi connectivity index (χ3v) is 4.42. The van der Waals surface area contributed by atoms with Gasteiger partial charge in [0, 0.05) is 11.1 Å². The maximum absolute atomic E-state index is 12.5. The van der Waals surface area contributed by atoms with Crippen molar-refractivity contribution in [2.45, 2.75) is 20.8 Å². The van der Waals surface area contributed by atoms with Gasteiger partial charge in [-0.05, 0) is 38.5 Å². The van der Waals surface area contributed by atoms with E-state index in [2.05, 4.69) is 10.3 Å². The summed E-state index contributed by atoms with van der Waals surface area (Å²) in [6.45, 7) is 5.93. The summed E-state index contributed by atoms with van der Waals surface area (Å²) in [6, 6.07) is 3.28. The van der Waals surface area contributed by atoms with Crippen LogP contribution in [0.25, 0.3) is 0 Å². The molecule has 1 N–H and O–H groups in total. The van der Waals surface area contributed by atoms with Crippen LogP contribution < -0.4 is 10.1 Å². The van der Waals surface area contributed by atoms with Gasteiger partial charge in [0.25, 0.3) is 5.91 Å². The van der Waals surface area contributed by atoms with E-state index in [0.29, 0.717) is 22.7 Å². The van der Waals surface area contributed by atoms with Crippen molar-refractivity contribution >= 4 is 28.2 Å². The van der Waals surface area contributed by atoms with Crippen LogP contribution >= 0.6 is 11.3 Å². The maximum atomic E-state index is 12.5. The van der Waals surface area contributed by atoms with Crippen LogP contribution in [0.2, 0.25) is 0 Å². The third kappa shape index (κ3) is 3.50. The van der Waals surface area contributed by atoms with Crippen LogP contribution in [0.4, 0.5) is 5.00 Å². The van der Waals surface area contributed by atoms with Crippen LogP contribution in [0.3, 0.4) is 0 Å². The lowest BCUT2D eigenvalue weighted by molar-refractivity contribution is 0.0601. The Balaban J connectivity index is 2.35. The Morgan fingerprint density at radius 1 is 1.35 bits per heavy atom. The van der Waals surface area contributed by atoms with Gasteiger partial charge in [0.15, 0.2) is 0 Å². The number of carbonyl (C=O) groups excluding carboxylic acids is 2. The quantitative estimate of drug-likeness (QED) is 0.850. The molecule has 7 heteroatoms. The summed E-state index contributed by atoms with van der Waals surface area (Å²) in [5.74, 6) is -0.594. The van der Waals surface area contributed by atoms with E-state index >= 15 is 0 Å². The lowest BCUT2D eigenvalue weighted by Gasteiger charge is -2.09. The van der Waals surface area contributed by atoms with Crippen molar-refractivity contribution in [1.29, 1.82) is 0 Å². The van der Waals surface area contributed by atoms with Crippen molar-refractivity contribution in [3.05, 3.63) is 39.9 Å². The number of pyridine rings is 1. The summed E-state index contributed by atoms with van der Waals surface area (Å²) in [5.41, 5.74) is 1.49. The Labute approximate surface area is 138 Å². The zero-order valence-electron chi connectivity index (χ0n) is 13.4. The molecule has 0 aliphatic heterocycles. The highest BCUT2D eigenvalue weighted by Crippen LogP contribution is 2.33. The molecule has 0 unspecified atom stereocenters. The Morgan fingerprint density at radius 2 is 2.09 bits per heavy atom. The summed E-state index contributed by atoms with van der Waals surface area (Å²) in [7, 11) is 1.31. The number of aryl methyl sites for hydroxylation is 1. The fourth-order valence-corrected chi connectivity index (χ4v) is 3.09. The number of carbonyl (C=O) groups is 2. The number of hydrogen-bond acceptors (Lipinski definition) is 6. The zero-order valence-corrected chi connectivity index (χ0v) is 14.2. The van der Waals surface area contributed by atoms with Gasteiger partial charge in [-0.3, -0.25) is 4.79 Å². The first-order valence-corrected chi connectivity index (χ1v) is 7.88. The second kappa shape index (κ2) is 7.23. The van der Waals surface area contributed by atoms with E-state index in [9.17, 15) is 9.59 Å². The molecule has 0 aliphatic rings. The average Bonchev–Trinajstić information content (AvgIpc) is 2.81. The van der Waals surface area contributed by atoms with Gasteiger partial charge in [0.05, 0.1) is 19.3 Å². The van der Waals surface area contributed by atoms with E-state index < -0.39 is 5.97 Å². The minimum Gasteiger partial charge on any atom is -0.477 e. The average molecular weight is 334 g/mol. The maximum Gasteiger partial charge on any atom is 0.341 e. The van der Waals surface area contributed by atoms with Crippen molar-refractivity contribution in [2.75, 3.05) is 19.0 Å². The van der Waals surface area contributed by atoms with Gasteiger partial charge in [-0.15, -0.1) is 11.3 Å². The van der Waals surface area contributed by atoms with Crippen molar-refractivity contribution in [1.82, 2.24) is 4.98 Å². The molecule has 0 aliphatic carbocycles. The molecular weight excluding hydrogens is 316 g/mol. The molecule has 2 aromatic heterocycles. The largest absolute Gasteiger partial charge is 0.477 e. The Bertz CT molecular complexity index is 740. The molecule has 122 valence electrons. The number of aromatic nitrogens is 1. The number of thiophene rings is 1. The molecule has 2 rings (SSSR count). The monoisotopic (exact) mass is 334 g/mol. The van der Waals surface area contributed by atoms with E-state index in [1.165, 1.54) is 18.4 Å². The SMILES string of the molecule is CCOc1ncccc1C(=O)Nc1sc(C)c(C)c1C(=O)OC. The molecule has 2 heterocycles. The topological polar surface area (TPSA) is 77.5 Å². The van der Waals surface area contributed by atoms with Crippen molar-refractivity contribution in [3.63, 3.8) is 0 Å². The smallest absolute Gasteiger partial charge is 0.341 e. The van der Waals surface area contributed by atoms with Crippen molar-refractivity contribution < 1.29 is 19.1 Å². The number of nitrogens with zero attached hydrogens (tertiary/aromatic N) is 1. The fourth-order valence-electron chi connectivity index (χ4n) is 2.05. The molecule has 0 aromatic carbocycles. The Hall–Kier alpha value is -2.41. The van der Waals surface area contributed by atoms with Gasteiger partial charge >= 0.3 is 5.97 Å². The standard InChI is InChI=1S/C16H18N2O4S/c1-5-22-14-11(7-6-8-17-14)13(19)18-15-12(16(20)21-4)9(2)10(3)23-15/h6-8H,5H2,1-4H3,(H,18,19). The second-order valence-corrected chi connectivity index (χ2v) is 5.95. The van der Waals surface area contributed by atoms with Crippen LogP contribution in [0.1, 0.15) is 38.1 Å². The summed E-state index contributed by atoms with van der Waals surface area (Å²) >= 11 is 1.33. The normalized spacial score (nSPS) is 10.3. The Morgan fingerprint density at radius 3 is 2.74 bits per heavy atom. The molecule has 0 saturated heterocycles. The minimum absolute atomic E-state index is 0.261. The van der Waals surface area contributed by atoms with Gasteiger partial charge in [0.2, 0.25) is 5.88 Å². The molecule has 1 amide bonds. The number of nitrogens with one attached hydrogen (secondary N) is 1. The highest BCUT2D eigenvalue weighted by atomic mass is 32.1. The second-order valence-electron chi connectivity index (χ2n) is 4.72. The molecule has 2 aromatic rings. The fraction of sp³-hybridized carbons (Fsp3) is 0.312. The minimum atomic E-state index is -0.474. The van der Waals surface area contributed by atoms with Gasteiger partial charge in [0.1, 0.15) is 10.6 Å². The van der Waals surface area contributed by atoms with E-state index in [0.717, 1.165) is 10.4 Å². The number of amides is 1.